The highest BCUT2D eigenvalue weighted by atomic mass is 16.2. The average Bonchev–Trinajstić information content (AvgIpc) is 2.48. The molecule has 1 N–H and O–H groups in total. The van der Waals surface area contributed by atoms with Crippen molar-refractivity contribution in [2.75, 3.05) is 38.0 Å². The lowest BCUT2D eigenvalue weighted by Gasteiger charge is -2.33. The number of nitriles is 1. The van der Waals surface area contributed by atoms with Gasteiger partial charge in [0.25, 0.3) is 0 Å². The lowest BCUT2D eigenvalue weighted by molar-refractivity contribution is 0.101. The summed E-state index contributed by atoms with van der Waals surface area (Å²) in [5.41, 5.74) is 1.19. The highest BCUT2D eigenvalue weighted by Crippen LogP contribution is 2.12. The van der Waals surface area contributed by atoms with Crippen LogP contribution in [0.1, 0.15) is 17.3 Å². The number of hydrogen-bond acceptors (Lipinski definition) is 4. The van der Waals surface area contributed by atoms with Crippen LogP contribution < -0.4 is 5.32 Å². The normalized spacial score (nSPS) is 15.3. The molecular formula is C15H18N4O2. The maximum atomic E-state index is 12.2. The van der Waals surface area contributed by atoms with Crippen LogP contribution >= 0.6 is 0 Å². The van der Waals surface area contributed by atoms with Gasteiger partial charge in [0.1, 0.15) is 0 Å². The second kappa shape index (κ2) is 6.86. The molecule has 1 aromatic carbocycles. The molecule has 1 heterocycles. The van der Waals surface area contributed by atoms with Crippen molar-refractivity contribution in [1.82, 2.24) is 9.80 Å². The molecule has 1 aliphatic heterocycles. The first-order chi connectivity index (χ1) is 10.1. The number of carbonyl (C=O) groups is 2. The van der Waals surface area contributed by atoms with Gasteiger partial charge < -0.3 is 10.2 Å². The lowest BCUT2D eigenvalue weighted by atomic mass is 10.1. The Morgan fingerprint density at radius 2 is 2.00 bits per heavy atom. The zero-order chi connectivity index (χ0) is 15.2. The van der Waals surface area contributed by atoms with E-state index in [2.05, 4.69) is 11.4 Å². The molecule has 0 saturated carbocycles. The molecule has 0 spiro atoms. The fraction of sp³-hybridized carbons (Fsp3) is 0.400. The molecule has 110 valence electrons. The van der Waals surface area contributed by atoms with Crippen LogP contribution in [-0.2, 0) is 0 Å². The summed E-state index contributed by atoms with van der Waals surface area (Å²) in [7, 11) is 0. The smallest absolute Gasteiger partial charge is 0.321 e. The molecular weight excluding hydrogens is 268 g/mol. The third-order valence-corrected chi connectivity index (χ3v) is 3.47. The Bertz CT molecular complexity index is 571. The number of rotatable bonds is 3. The van der Waals surface area contributed by atoms with Gasteiger partial charge in [0.15, 0.2) is 5.78 Å². The molecule has 0 radical (unpaired) electrons. The highest BCUT2D eigenvalue weighted by molar-refractivity contribution is 5.96. The zero-order valence-corrected chi connectivity index (χ0v) is 12.0. The number of nitrogens with zero attached hydrogens (tertiary/aromatic N) is 3. The van der Waals surface area contributed by atoms with Gasteiger partial charge in [-0.05, 0) is 19.1 Å². The van der Waals surface area contributed by atoms with Crippen molar-refractivity contribution in [1.29, 1.82) is 5.26 Å². The van der Waals surface area contributed by atoms with E-state index in [0.717, 1.165) is 0 Å². The van der Waals surface area contributed by atoms with Crippen molar-refractivity contribution >= 4 is 17.5 Å². The summed E-state index contributed by atoms with van der Waals surface area (Å²) in [6.45, 7) is 4.49. The largest absolute Gasteiger partial charge is 0.322 e. The van der Waals surface area contributed by atoms with Crippen LogP contribution in [0, 0.1) is 11.3 Å². The summed E-state index contributed by atoms with van der Waals surface area (Å²) in [4.78, 5) is 27.2. The number of urea groups is 1. The maximum Gasteiger partial charge on any atom is 0.321 e. The van der Waals surface area contributed by atoms with Crippen LogP contribution in [-0.4, -0.2) is 54.3 Å². The summed E-state index contributed by atoms with van der Waals surface area (Å²) in [6.07, 6.45) is 0. The maximum absolute atomic E-state index is 12.2. The number of benzene rings is 1. The second-order valence-electron chi connectivity index (χ2n) is 4.99. The van der Waals surface area contributed by atoms with Crippen LogP contribution in [0.5, 0.6) is 0 Å². The van der Waals surface area contributed by atoms with Crippen molar-refractivity contribution < 1.29 is 9.59 Å². The van der Waals surface area contributed by atoms with Gasteiger partial charge in [-0.3, -0.25) is 9.69 Å². The van der Waals surface area contributed by atoms with Gasteiger partial charge in [0, 0.05) is 37.4 Å². The molecule has 0 aliphatic carbocycles. The van der Waals surface area contributed by atoms with Crippen LogP contribution in [0.2, 0.25) is 0 Å². The zero-order valence-electron chi connectivity index (χ0n) is 12.0. The Morgan fingerprint density at radius 3 is 2.62 bits per heavy atom. The van der Waals surface area contributed by atoms with Gasteiger partial charge in [-0.2, -0.15) is 5.26 Å². The number of amides is 2. The SMILES string of the molecule is CC(=O)c1cccc(NC(=O)N2CCN(CC#N)CC2)c1. The second-order valence-corrected chi connectivity index (χ2v) is 4.99. The van der Waals surface area contributed by atoms with E-state index in [4.69, 9.17) is 5.26 Å². The van der Waals surface area contributed by atoms with E-state index in [0.29, 0.717) is 44.0 Å². The molecule has 1 aromatic rings. The van der Waals surface area contributed by atoms with E-state index >= 15 is 0 Å². The molecule has 0 aromatic heterocycles. The quantitative estimate of drug-likeness (QED) is 0.676. The van der Waals surface area contributed by atoms with Crippen molar-refractivity contribution in [3.05, 3.63) is 29.8 Å². The summed E-state index contributed by atoms with van der Waals surface area (Å²) in [6, 6.07) is 8.84. The van der Waals surface area contributed by atoms with E-state index in [1.54, 1.807) is 29.2 Å². The third-order valence-electron chi connectivity index (χ3n) is 3.47. The van der Waals surface area contributed by atoms with E-state index in [1.807, 2.05) is 4.90 Å². The summed E-state index contributed by atoms with van der Waals surface area (Å²) < 4.78 is 0. The standard InChI is InChI=1S/C15H18N4O2/c1-12(20)13-3-2-4-14(11-13)17-15(21)19-9-7-18(6-5-16)8-10-19/h2-4,11H,6-10H2,1H3,(H,17,21). The molecule has 0 unspecified atom stereocenters. The molecule has 2 amide bonds. The van der Waals surface area contributed by atoms with Gasteiger partial charge in [0.2, 0.25) is 0 Å². The Labute approximate surface area is 123 Å². The lowest BCUT2D eigenvalue weighted by Crippen LogP contribution is -2.50. The van der Waals surface area contributed by atoms with Gasteiger partial charge in [-0.1, -0.05) is 12.1 Å². The summed E-state index contributed by atoms with van der Waals surface area (Å²) in [5, 5.41) is 11.5. The van der Waals surface area contributed by atoms with Crippen LogP contribution in [0.4, 0.5) is 10.5 Å². The van der Waals surface area contributed by atoms with Crippen LogP contribution in [0.25, 0.3) is 0 Å². The number of anilines is 1. The molecule has 6 nitrogen and oxygen atoms in total. The highest BCUT2D eigenvalue weighted by Gasteiger charge is 2.20. The van der Waals surface area contributed by atoms with Gasteiger partial charge in [0.05, 0.1) is 12.6 Å². The number of hydrogen-bond donors (Lipinski definition) is 1. The summed E-state index contributed by atoms with van der Waals surface area (Å²) in [5.74, 6) is -0.0313. The monoisotopic (exact) mass is 286 g/mol. The number of Topliss-reactive ketones (excluding diaryl/α,β-unsaturated/α-hetero) is 1. The Hall–Kier alpha value is -2.39. The first-order valence-corrected chi connectivity index (χ1v) is 6.86. The molecule has 0 atom stereocenters. The fourth-order valence-corrected chi connectivity index (χ4v) is 2.23. The topological polar surface area (TPSA) is 76.4 Å². The van der Waals surface area contributed by atoms with E-state index in [1.165, 1.54) is 6.92 Å². The van der Waals surface area contributed by atoms with E-state index in [9.17, 15) is 9.59 Å². The van der Waals surface area contributed by atoms with Gasteiger partial charge in [-0.25, -0.2) is 4.79 Å². The molecule has 1 aliphatic rings. The number of ketones is 1. The predicted molar refractivity (Wildman–Crippen MR) is 79.1 cm³/mol. The minimum atomic E-state index is -0.174. The number of nitrogens with one attached hydrogen (secondary N) is 1. The molecule has 21 heavy (non-hydrogen) atoms. The number of carbonyl (C=O) groups excluding carboxylic acids is 2. The van der Waals surface area contributed by atoms with Crippen molar-refractivity contribution in [2.45, 2.75) is 6.92 Å². The minimum absolute atomic E-state index is 0.0313. The first-order valence-electron chi connectivity index (χ1n) is 6.86. The minimum Gasteiger partial charge on any atom is -0.322 e. The molecule has 6 heteroatoms. The Balaban J connectivity index is 1.92. The molecule has 1 saturated heterocycles. The van der Waals surface area contributed by atoms with Crippen LogP contribution in [0.15, 0.2) is 24.3 Å². The predicted octanol–water partition coefficient (Wildman–Crippen LogP) is 1.56. The third kappa shape index (κ3) is 4.04. The molecule has 1 fully saturated rings. The fourth-order valence-electron chi connectivity index (χ4n) is 2.23. The molecule has 0 bridgehead atoms. The van der Waals surface area contributed by atoms with Gasteiger partial charge >= 0.3 is 6.03 Å². The Kier molecular flexibility index (Phi) is 4.90. The van der Waals surface area contributed by atoms with E-state index in [-0.39, 0.29) is 11.8 Å². The average molecular weight is 286 g/mol. The first kappa shape index (κ1) is 15.0. The summed E-state index contributed by atoms with van der Waals surface area (Å²) >= 11 is 0. The number of piperazine rings is 1. The van der Waals surface area contributed by atoms with Gasteiger partial charge in [-0.15, -0.1) is 0 Å². The molecule has 2 rings (SSSR count). The van der Waals surface area contributed by atoms with E-state index < -0.39 is 0 Å². The van der Waals surface area contributed by atoms with Crippen molar-refractivity contribution in [2.24, 2.45) is 0 Å². The van der Waals surface area contributed by atoms with Crippen LogP contribution in [0.3, 0.4) is 0 Å². The Morgan fingerprint density at radius 1 is 1.29 bits per heavy atom. The van der Waals surface area contributed by atoms with Crippen molar-refractivity contribution in [3.63, 3.8) is 0 Å². The van der Waals surface area contributed by atoms with Crippen molar-refractivity contribution in [3.8, 4) is 6.07 Å².